The zero-order valence-corrected chi connectivity index (χ0v) is 29.2. The first kappa shape index (κ1) is 34.9. The molecule has 4 aliphatic heterocycles. The molecule has 3 aromatic rings. The van der Waals surface area contributed by atoms with Crippen LogP contribution in [0, 0.1) is 5.41 Å². The van der Waals surface area contributed by atoms with Crippen molar-refractivity contribution < 1.29 is 22.7 Å². The van der Waals surface area contributed by atoms with Crippen LogP contribution in [-0.2, 0) is 29.5 Å². The predicted octanol–water partition coefficient (Wildman–Crippen LogP) is 5.53. The molecular formula is C37H51ClN3O4S+. The molecule has 0 aliphatic carbocycles. The van der Waals surface area contributed by atoms with Gasteiger partial charge in [-0.2, -0.15) is 0 Å². The maximum Gasteiger partial charge on any atom is 0.179 e. The Labute approximate surface area is 281 Å². The van der Waals surface area contributed by atoms with Gasteiger partial charge in [0.2, 0.25) is 0 Å². The van der Waals surface area contributed by atoms with E-state index in [9.17, 15) is 13.5 Å². The summed E-state index contributed by atoms with van der Waals surface area (Å²) in [5, 5.41) is 15.2. The molecule has 3 fully saturated rings. The quantitative estimate of drug-likeness (QED) is 0.262. The SMILES string of the molecule is CCCCC1(C)CS(=O)(=O)c2ccc(CNC)cc2[C@@H](c2ccc(OCc3ccc(C[N+]45CCN(CC4)CC5)cc3)cc2)[C@H]1O.Cl. The van der Waals surface area contributed by atoms with Gasteiger partial charge in [-0.1, -0.05) is 75.2 Å². The van der Waals surface area contributed by atoms with E-state index in [1.807, 2.05) is 50.4 Å². The molecule has 2 bridgehead atoms. The number of aliphatic hydroxyl groups excluding tert-OH is 1. The third kappa shape index (κ3) is 7.33. The molecule has 0 aromatic heterocycles. The van der Waals surface area contributed by atoms with Gasteiger partial charge in [-0.05, 0) is 53.9 Å². The van der Waals surface area contributed by atoms with Crippen LogP contribution in [0.15, 0.2) is 71.6 Å². The highest BCUT2D eigenvalue weighted by atomic mass is 35.5. The summed E-state index contributed by atoms with van der Waals surface area (Å²) in [4.78, 5) is 2.92. The van der Waals surface area contributed by atoms with E-state index < -0.39 is 27.3 Å². The number of aliphatic hydroxyl groups is 1. The average Bonchev–Trinajstić information content (AvgIpc) is 3.11. The molecule has 3 atom stereocenters. The Morgan fingerprint density at radius 3 is 2.22 bits per heavy atom. The maximum absolute atomic E-state index is 13.7. The molecule has 7 rings (SSSR count). The lowest BCUT2D eigenvalue weighted by Crippen LogP contribution is -2.66. The molecule has 3 aromatic carbocycles. The molecule has 250 valence electrons. The normalized spacial score (nSPS) is 28.1. The molecule has 0 saturated carbocycles. The molecule has 4 aliphatic rings. The summed E-state index contributed by atoms with van der Waals surface area (Å²) in [6.07, 6.45) is 1.61. The first-order valence-electron chi connectivity index (χ1n) is 16.7. The van der Waals surface area contributed by atoms with Crippen LogP contribution < -0.4 is 10.1 Å². The number of piperazine rings is 3. The van der Waals surface area contributed by atoms with Crippen molar-refractivity contribution in [3.05, 3.63) is 94.5 Å². The largest absolute Gasteiger partial charge is 0.489 e. The smallest absolute Gasteiger partial charge is 0.179 e. The van der Waals surface area contributed by atoms with Crippen molar-refractivity contribution in [1.82, 2.24) is 10.2 Å². The fourth-order valence-corrected chi connectivity index (χ4v) is 9.96. The lowest BCUT2D eigenvalue weighted by atomic mass is 9.71. The molecule has 4 heterocycles. The van der Waals surface area contributed by atoms with Gasteiger partial charge in [0, 0.05) is 43.1 Å². The van der Waals surface area contributed by atoms with Crippen molar-refractivity contribution in [1.29, 1.82) is 0 Å². The Morgan fingerprint density at radius 2 is 1.59 bits per heavy atom. The number of benzene rings is 3. The van der Waals surface area contributed by atoms with Crippen molar-refractivity contribution in [2.75, 3.05) is 52.1 Å². The molecule has 2 N–H and O–H groups in total. The van der Waals surface area contributed by atoms with E-state index in [2.05, 4.69) is 41.4 Å². The monoisotopic (exact) mass is 668 g/mol. The minimum Gasteiger partial charge on any atom is -0.489 e. The highest BCUT2D eigenvalue weighted by Crippen LogP contribution is 2.47. The van der Waals surface area contributed by atoms with Crippen LogP contribution in [0.1, 0.15) is 66.8 Å². The Balaban J connectivity index is 0.00000417. The van der Waals surface area contributed by atoms with Crippen LogP contribution in [0.2, 0.25) is 0 Å². The summed E-state index contributed by atoms with van der Waals surface area (Å²) in [6.45, 7) is 13.7. The van der Waals surface area contributed by atoms with E-state index in [0.29, 0.717) is 30.0 Å². The Kier molecular flexibility index (Phi) is 10.9. The van der Waals surface area contributed by atoms with Crippen molar-refractivity contribution in [2.24, 2.45) is 5.41 Å². The average molecular weight is 669 g/mol. The molecule has 0 spiro atoms. The second-order valence-corrected chi connectivity index (χ2v) is 16.0. The third-order valence-electron chi connectivity index (χ3n) is 10.6. The second-order valence-electron chi connectivity index (χ2n) is 14.0. The van der Waals surface area contributed by atoms with E-state index in [4.69, 9.17) is 4.74 Å². The fourth-order valence-electron chi connectivity index (χ4n) is 7.81. The van der Waals surface area contributed by atoms with Gasteiger partial charge < -0.3 is 19.6 Å². The summed E-state index contributed by atoms with van der Waals surface area (Å²) >= 11 is 0. The summed E-state index contributed by atoms with van der Waals surface area (Å²) in [5.41, 5.74) is 4.33. The summed E-state index contributed by atoms with van der Waals surface area (Å²) in [7, 11) is -1.72. The Morgan fingerprint density at radius 1 is 0.957 bits per heavy atom. The van der Waals surface area contributed by atoms with Crippen LogP contribution >= 0.6 is 12.4 Å². The number of rotatable bonds is 11. The minimum absolute atomic E-state index is 0. The van der Waals surface area contributed by atoms with Crippen molar-refractivity contribution in [2.45, 2.75) is 69.7 Å². The highest BCUT2D eigenvalue weighted by molar-refractivity contribution is 7.91. The van der Waals surface area contributed by atoms with Crippen molar-refractivity contribution in [3.8, 4) is 5.75 Å². The Bertz CT molecular complexity index is 1560. The van der Waals surface area contributed by atoms with Gasteiger partial charge in [-0.15, -0.1) is 12.4 Å². The number of halogens is 1. The van der Waals surface area contributed by atoms with Crippen molar-refractivity contribution >= 4 is 22.2 Å². The van der Waals surface area contributed by atoms with Crippen LogP contribution in [0.25, 0.3) is 0 Å². The molecule has 0 radical (unpaired) electrons. The summed E-state index contributed by atoms with van der Waals surface area (Å²) in [6, 6.07) is 22.3. The molecule has 0 amide bonds. The molecule has 7 nitrogen and oxygen atoms in total. The molecular weight excluding hydrogens is 618 g/mol. The summed E-state index contributed by atoms with van der Waals surface area (Å²) < 4.78 is 34.9. The maximum atomic E-state index is 13.7. The van der Waals surface area contributed by atoms with Gasteiger partial charge in [0.15, 0.2) is 9.84 Å². The lowest BCUT2D eigenvalue weighted by molar-refractivity contribution is -0.953. The van der Waals surface area contributed by atoms with E-state index in [1.165, 1.54) is 49.3 Å². The number of hydrogen-bond donors (Lipinski definition) is 2. The van der Waals surface area contributed by atoms with Crippen LogP contribution in [0.3, 0.4) is 0 Å². The number of unbranched alkanes of at least 4 members (excludes halogenated alkanes) is 1. The number of quaternary nitrogens is 1. The minimum atomic E-state index is -3.59. The molecule has 1 unspecified atom stereocenters. The van der Waals surface area contributed by atoms with E-state index in [-0.39, 0.29) is 18.2 Å². The van der Waals surface area contributed by atoms with E-state index >= 15 is 0 Å². The topological polar surface area (TPSA) is 78.9 Å². The molecule has 3 saturated heterocycles. The number of hydrogen-bond acceptors (Lipinski definition) is 6. The lowest BCUT2D eigenvalue weighted by Gasteiger charge is -2.50. The third-order valence-corrected chi connectivity index (χ3v) is 12.7. The number of sulfone groups is 1. The van der Waals surface area contributed by atoms with Gasteiger partial charge >= 0.3 is 0 Å². The first-order chi connectivity index (χ1) is 21.6. The molecule has 9 heteroatoms. The number of nitrogens with one attached hydrogen (secondary N) is 1. The zero-order chi connectivity index (χ0) is 31.7. The van der Waals surface area contributed by atoms with E-state index in [0.717, 1.165) is 41.8 Å². The number of nitrogens with zero attached hydrogens (tertiary/aromatic N) is 2. The van der Waals surface area contributed by atoms with Crippen LogP contribution in [-0.4, -0.2) is 81.1 Å². The standard InChI is InChI=1S/C37H50N3O4S.ClH/c1-4-5-16-37(2)27-45(42,43)34-15-10-30(24-38-3)23-33(34)35(36(37)41)31-11-13-32(14-12-31)44-26-29-8-6-28(7-9-29)25-40-20-17-39(18-21-40)19-22-40;/h6-15,23,35-36,38,41H,4-5,16-22,24-27H2,1-3H3;1H/q+1;/t35-,36-,37?;/m1./s1. The van der Waals surface area contributed by atoms with Gasteiger partial charge in [-0.25, -0.2) is 8.42 Å². The first-order valence-corrected chi connectivity index (χ1v) is 18.4. The molecule has 46 heavy (non-hydrogen) atoms. The van der Waals surface area contributed by atoms with Gasteiger partial charge in [0.05, 0.1) is 36.4 Å². The summed E-state index contributed by atoms with van der Waals surface area (Å²) in [5.74, 6) is 0.224. The van der Waals surface area contributed by atoms with Gasteiger partial charge in [0.25, 0.3) is 0 Å². The van der Waals surface area contributed by atoms with Crippen molar-refractivity contribution in [3.63, 3.8) is 0 Å². The number of ether oxygens (including phenoxy) is 1. The van der Waals surface area contributed by atoms with Gasteiger partial charge in [-0.3, -0.25) is 4.90 Å². The second kappa shape index (κ2) is 14.3. The van der Waals surface area contributed by atoms with Crippen LogP contribution in [0.5, 0.6) is 5.75 Å². The number of fused-ring (bicyclic) bond motifs is 4. The van der Waals surface area contributed by atoms with Gasteiger partial charge in [0.1, 0.15) is 18.9 Å². The van der Waals surface area contributed by atoms with E-state index in [1.54, 1.807) is 6.07 Å². The fraction of sp³-hybridized carbons (Fsp3) is 0.514. The zero-order valence-electron chi connectivity index (χ0n) is 27.6. The van der Waals surface area contributed by atoms with Crippen LogP contribution in [0.4, 0.5) is 0 Å². The highest BCUT2D eigenvalue weighted by Gasteiger charge is 2.47. The predicted molar refractivity (Wildman–Crippen MR) is 186 cm³/mol. The Hall–Kier alpha value is -2.46.